The largest absolute Gasteiger partial charge is 0.406 e. The molecule has 0 bridgehead atoms. The Balaban J connectivity index is 2.26. The van der Waals surface area contributed by atoms with E-state index in [1.165, 1.54) is 0 Å². The maximum Gasteiger partial charge on any atom is 0.406 e. The molecular weight excluding hydrogens is 346 g/mol. The third-order valence-electron chi connectivity index (χ3n) is 2.61. The molecule has 6 heteroatoms. The van der Waals surface area contributed by atoms with Gasteiger partial charge >= 0.3 is 6.18 Å². The Bertz CT molecular complexity index is 459. The minimum Gasteiger partial charge on any atom is -0.329 e. The summed E-state index contributed by atoms with van der Waals surface area (Å²) in [6.07, 6.45) is -3.86. The number of carbonyl (C=O) groups excluding carboxylic acids is 1. The number of hydrogen-bond acceptors (Lipinski definition) is 1. The summed E-state index contributed by atoms with van der Waals surface area (Å²) in [5.74, 6) is -0.526. The van der Waals surface area contributed by atoms with Gasteiger partial charge in [-0.2, -0.15) is 13.2 Å². The van der Waals surface area contributed by atoms with Crippen LogP contribution in [-0.2, 0) is 6.42 Å². The lowest BCUT2D eigenvalue weighted by molar-refractivity contribution is -0.141. The lowest BCUT2D eigenvalue weighted by atomic mass is 9.99. The van der Waals surface area contributed by atoms with Crippen LogP contribution in [0, 0.1) is 3.57 Å². The number of alkyl halides is 3. The minimum absolute atomic E-state index is 0.131. The molecule has 2 rings (SSSR count). The number of nitrogens with zero attached hydrogens (tertiary/aromatic N) is 1. The van der Waals surface area contributed by atoms with E-state index in [4.69, 9.17) is 0 Å². The number of rotatable bonds is 1. The predicted octanol–water partition coefficient (Wildman–Crippen LogP) is 2.85. The van der Waals surface area contributed by atoms with Gasteiger partial charge in [0.15, 0.2) is 0 Å². The van der Waals surface area contributed by atoms with E-state index in [-0.39, 0.29) is 6.54 Å². The van der Waals surface area contributed by atoms with Crippen molar-refractivity contribution in [3.05, 3.63) is 32.9 Å². The molecule has 92 valence electrons. The van der Waals surface area contributed by atoms with E-state index in [0.717, 1.165) is 14.0 Å². The summed E-state index contributed by atoms with van der Waals surface area (Å²) >= 11 is 2.04. The summed E-state index contributed by atoms with van der Waals surface area (Å²) in [6.45, 7) is -1.04. The average Bonchev–Trinajstić information content (AvgIpc) is 2.21. The first kappa shape index (κ1) is 12.7. The van der Waals surface area contributed by atoms with Crippen LogP contribution in [0.2, 0.25) is 0 Å². The summed E-state index contributed by atoms with van der Waals surface area (Å²) in [7, 11) is 0. The van der Waals surface area contributed by atoms with Gasteiger partial charge in [-0.1, -0.05) is 6.07 Å². The Hall–Kier alpha value is -0.790. The molecule has 0 spiro atoms. The van der Waals surface area contributed by atoms with Crippen LogP contribution in [0.15, 0.2) is 18.2 Å². The van der Waals surface area contributed by atoms with Crippen molar-refractivity contribution in [3.8, 4) is 0 Å². The maximum absolute atomic E-state index is 12.3. The van der Waals surface area contributed by atoms with Gasteiger partial charge in [0, 0.05) is 15.7 Å². The fourth-order valence-electron chi connectivity index (χ4n) is 1.86. The zero-order chi connectivity index (χ0) is 12.6. The van der Waals surface area contributed by atoms with E-state index in [9.17, 15) is 18.0 Å². The molecule has 1 heterocycles. The van der Waals surface area contributed by atoms with Crippen molar-refractivity contribution in [1.82, 2.24) is 4.90 Å². The van der Waals surface area contributed by atoms with Crippen molar-refractivity contribution < 1.29 is 18.0 Å². The molecule has 0 fully saturated rings. The van der Waals surface area contributed by atoms with E-state index in [1.54, 1.807) is 12.1 Å². The lowest BCUT2D eigenvalue weighted by Gasteiger charge is -2.29. The Labute approximate surface area is 110 Å². The van der Waals surface area contributed by atoms with Crippen molar-refractivity contribution in [3.63, 3.8) is 0 Å². The SMILES string of the molecule is O=C1c2cc(I)ccc2CCN1CC(F)(F)F. The second-order valence-electron chi connectivity index (χ2n) is 3.89. The molecule has 0 saturated heterocycles. The highest BCUT2D eigenvalue weighted by Gasteiger charge is 2.35. The Morgan fingerprint density at radius 2 is 2.06 bits per heavy atom. The molecule has 2 nitrogen and oxygen atoms in total. The topological polar surface area (TPSA) is 20.3 Å². The van der Waals surface area contributed by atoms with Crippen molar-refractivity contribution in [1.29, 1.82) is 0 Å². The summed E-state index contributed by atoms with van der Waals surface area (Å²) < 4.78 is 37.7. The average molecular weight is 355 g/mol. The van der Waals surface area contributed by atoms with Crippen LogP contribution in [0.3, 0.4) is 0 Å². The first-order valence-corrected chi connectivity index (χ1v) is 6.09. The number of benzene rings is 1. The molecule has 1 aromatic carbocycles. The highest BCUT2D eigenvalue weighted by molar-refractivity contribution is 14.1. The molecule has 1 aliphatic rings. The van der Waals surface area contributed by atoms with Crippen LogP contribution < -0.4 is 0 Å². The van der Waals surface area contributed by atoms with Crippen LogP contribution in [0.5, 0.6) is 0 Å². The quantitative estimate of drug-likeness (QED) is 0.710. The van der Waals surface area contributed by atoms with Gasteiger partial charge < -0.3 is 4.90 Å². The highest BCUT2D eigenvalue weighted by atomic mass is 127. The van der Waals surface area contributed by atoms with Crippen LogP contribution in [-0.4, -0.2) is 30.1 Å². The minimum atomic E-state index is -4.34. The van der Waals surface area contributed by atoms with Crippen LogP contribution in [0.1, 0.15) is 15.9 Å². The first-order chi connectivity index (χ1) is 7.87. The smallest absolute Gasteiger partial charge is 0.329 e. The normalized spacial score (nSPS) is 16.0. The van der Waals surface area contributed by atoms with Crippen molar-refractivity contribution in [2.24, 2.45) is 0 Å². The van der Waals surface area contributed by atoms with Crippen LogP contribution >= 0.6 is 22.6 Å². The standard InChI is InChI=1S/C11H9F3INO/c12-11(13,14)6-16-4-3-7-1-2-8(15)5-9(7)10(16)17/h1-2,5H,3-4,6H2. The Kier molecular flexibility index (Phi) is 3.33. The van der Waals surface area contributed by atoms with Gasteiger partial charge in [0.1, 0.15) is 6.54 Å². The molecule has 0 aliphatic carbocycles. The molecule has 0 unspecified atom stereocenters. The molecule has 0 saturated carbocycles. The molecule has 1 aromatic rings. The number of amides is 1. The first-order valence-electron chi connectivity index (χ1n) is 5.01. The van der Waals surface area contributed by atoms with Gasteiger partial charge in [-0.05, 0) is 46.7 Å². The summed E-state index contributed by atoms with van der Waals surface area (Å²) in [4.78, 5) is 12.7. The van der Waals surface area contributed by atoms with Gasteiger partial charge in [0.2, 0.25) is 0 Å². The Morgan fingerprint density at radius 3 is 2.71 bits per heavy atom. The van der Waals surface area contributed by atoms with E-state index in [2.05, 4.69) is 0 Å². The monoisotopic (exact) mass is 355 g/mol. The highest BCUT2D eigenvalue weighted by Crippen LogP contribution is 2.24. The summed E-state index contributed by atoms with van der Waals surface area (Å²) in [5, 5.41) is 0. The molecule has 0 N–H and O–H groups in total. The van der Waals surface area contributed by atoms with Gasteiger partial charge in [-0.15, -0.1) is 0 Å². The van der Waals surface area contributed by atoms with Gasteiger partial charge in [-0.25, -0.2) is 0 Å². The molecule has 0 atom stereocenters. The number of carbonyl (C=O) groups is 1. The van der Waals surface area contributed by atoms with Crippen molar-refractivity contribution >= 4 is 28.5 Å². The Morgan fingerprint density at radius 1 is 1.35 bits per heavy atom. The van der Waals surface area contributed by atoms with E-state index in [1.807, 2.05) is 28.7 Å². The van der Waals surface area contributed by atoms with E-state index >= 15 is 0 Å². The third kappa shape index (κ3) is 2.91. The van der Waals surface area contributed by atoms with Crippen molar-refractivity contribution in [2.45, 2.75) is 12.6 Å². The fraction of sp³-hybridized carbons (Fsp3) is 0.364. The number of fused-ring (bicyclic) bond motifs is 1. The second kappa shape index (κ2) is 4.47. The molecular formula is C11H9F3INO. The number of halogens is 4. The van der Waals surface area contributed by atoms with E-state index < -0.39 is 18.6 Å². The van der Waals surface area contributed by atoms with Gasteiger partial charge in [-0.3, -0.25) is 4.79 Å². The third-order valence-corrected chi connectivity index (χ3v) is 3.28. The van der Waals surface area contributed by atoms with Gasteiger partial charge in [0.25, 0.3) is 5.91 Å². The van der Waals surface area contributed by atoms with Gasteiger partial charge in [0.05, 0.1) is 0 Å². The van der Waals surface area contributed by atoms with Crippen molar-refractivity contribution in [2.75, 3.05) is 13.1 Å². The maximum atomic E-state index is 12.3. The fourth-order valence-corrected chi connectivity index (χ4v) is 2.35. The molecule has 1 amide bonds. The molecule has 1 aliphatic heterocycles. The predicted molar refractivity (Wildman–Crippen MR) is 64.8 cm³/mol. The second-order valence-corrected chi connectivity index (χ2v) is 5.14. The van der Waals surface area contributed by atoms with Crippen LogP contribution in [0.25, 0.3) is 0 Å². The molecule has 17 heavy (non-hydrogen) atoms. The molecule has 0 aromatic heterocycles. The van der Waals surface area contributed by atoms with Crippen LogP contribution in [0.4, 0.5) is 13.2 Å². The zero-order valence-corrected chi connectivity index (χ0v) is 10.9. The number of hydrogen-bond donors (Lipinski definition) is 0. The zero-order valence-electron chi connectivity index (χ0n) is 8.72. The lowest BCUT2D eigenvalue weighted by Crippen LogP contribution is -2.43. The summed E-state index contributed by atoms with van der Waals surface area (Å²) in [6, 6.07) is 5.30. The van der Waals surface area contributed by atoms with E-state index in [0.29, 0.717) is 12.0 Å². The molecule has 0 radical (unpaired) electrons. The summed E-state index contributed by atoms with van der Waals surface area (Å²) in [5.41, 5.74) is 1.22.